The number of carbonyl (C=O) groups excluding carboxylic acids is 1. The van der Waals surface area contributed by atoms with Crippen LogP contribution in [0.1, 0.15) is 66.4 Å². The Morgan fingerprint density at radius 1 is 1.09 bits per heavy atom. The molecular weight excluding hydrogens is 284 g/mol. The number of nitrogens with zero attached hydrogens (tertiary/aromatic N) is 1. The summed E-state index contributed by atoms with van der Waals surface area (Å²) >= 11 is 0. The quantitative estimate of drug-likeness (QED) is 0.908. The van der Waals surface area contributed by atoms with E-state index >= 15 is 0 Å². The van der Waals surface area contributed by atoms with Crippen molar-refractivity contribution in [1.82, 2.24) is 10.2 Å². The molecule has 2 atom stereocenters. The SMILES string of the molecule is CN1C2CCCC1CC(NC(=O)c1cccc3c1CCCC3)C2. The average Bonchev–Trinajstić information content (AvgIpc) is 2.55. The number of amides is 1. The molecule has 0 spiro atoms. The lowest BCUT2D eigenvalue weighted by Crippen LogP contribution is -2.55. The predicted molar refractivity (Wildman–Crippen MR) is 92.8 cm³/mol. The molecule has 0 saturated carbocycles. The zero-order chi connectivity index (χ0) is 15.8. The van der Waals surface area contributed by atoms with Crippen LogP contribution in [0.15, 0.2) is 18.2 Å². The summed E-state index contributed by atoms with van der Waals surface area (Å²) in [5.74, 6) is 0.163. The predicted octanol–water partition coefficient (Wildman–Crippen LogP) is 3.31. The molecule has 124 valence electrons. The van der Waals surface area contributed by atoms with Crippen molar-refractivity contribution in [2.75, 3.05) is 7.05 Å². The Kier molecular flexibility index (Phi) is 4.14. The van der Waals surface area contributed by atoms with E-state index in [1.165, 1.54) is 43.2 Å². The second kappa shape index (κ2) is 6.27. The highest BCUT2D eigenvalue weighted by Crippen LogP contribution is 2.33. The molecule has 1 N–H and O–H groups in total. The smallest absolute Gasteiger partial charge is 0.251 e. The summed E-state index contributed by atoms with van der Waals surface area (Å²) in [5.41, 5.74) is 3.64. The fraction of sp³-hybridized carbons (Fsp3) is 0.650. The van der Waals surface area contributed by atoms with Crippen LogP contribution in [0.25, 0.3) is 0 Å². The van der Waals surface area contributed by atoms with Crippen LogP contribution in [0.4, 0.5) is 0 Å². The van der Waals surface area contributed by atoms with E-state index in [-0.39, 0.29) is 5.91 Å². The molecule has 0 radical (unpaired) electrons. The standard InChI is InChI=1S/C20H28N2O/c1-22-16-8-5-9-17(22)13-15(12-16)21-20(23)19-11-4-7-14-6-2-3-10-18(14)19/h4,7,11,15-17H,2-3,5-6,8-10,12-13H2,1H3,(H,21,23). The largest absolute Gasteiger partial charge is 0.349 e. The molecular formula is C20H28N2O. The Morgan fingerprint density at radius 3 is 2.61 bits per heavy atom. The number of nitrogens with one attached hydrogen (secondary N) is 1. The van der Waals surface area contributed by atoms with Gasteiger partial charge in [0.2, 0.25) is 0 Å². The lowest BCUT2D eigenvalue weighted by atomic mass is 9.82. The van der Waals surface area contributed by atoms with Crippen molar-refractivity contribution >= 4 is 5.91 Å². The number of benzene rings is 1. The van der Waals surface area contributed by atoms with E-state index in [4.69, 9.17) is 0 Å². The Morgan fingerprint density at radius 2 is 1.83 bits per heavy atom. The van der Waals surface area contributed by atoms with Crippen LogP contribution >= 0.6 is 0 Å². The zero-order valence-electron chi connectivity index (χ0n) is 14.2. The molecule has 1 aliphatic carbocycles. The fourth-order valence-corrected chi connectivity index (χ4v) is 4.99. The first-order chi connectivity index (χ1) is 11.2. The third kappa shape index (κ3) is 2.91. The molecule has 2 saturated heterocycles. The summed E-state index contributed by atoms with van der Waals surface area (Å²) in [5, 5.41) is 3.37. The molecule has 3 heteroatoms. The number of hydrogen-bond donors (Lipinski definition) is 1. The van der Waals surface area contributed by atoms with Crippen LogP contribution in [0, 0.1) is 0 Å². The van der Waals surface area contributed by atoms with Crippen molar-refractivity contribution in [1.29, 1.82) is 0 Å². The number of piperidine rings is 2. The molecule has 3 aliphatic rings. The van der Waals surface area contributed by atoms with E-state index < -0.39 is 0 Å². The summed E-state index contributed by atoms with van der Waals surface area (Å²) in [4.78, 5) is 15.4. The number of hydrogen-bond acceptors (Lipinski definition) is 2. The first-order valence-electron chi connectivity index (χ1n) is 9.36. The van der Waals surface area contributed by atoms with Crippen molar-refractivity contribution in [2.45, 2.75) is 75.9 Å². The van der Waals surface area contributed by atoms with Gasteiger partial charge in [-0.1, -0.05) is 18.6 Å². The highest BCUT2D eigenvalue weighted by Gasteiger charge is 2.36. The van der Waals surface area contributed by atoms with Gasteiger partial charge in [-0.25, -0.2) is 0 Å². The van der Waals surface area contributed by atoms with E-state index in [1.807, 2.05) is 6.07 Å². The molecule has 2 bridgehead atoms. The molecule has 3 nitrogen and oxygen atoms in total. The normalized spacial score (nSPS) is 30.6. The highest BCUT2D eigenvalue weighted by molar-refractivity contribution is 5.96. The average molecular weight is 312 g/mol. The van der Waals surface area contributed by atoms with E-state index in [0.29, 0.717) is 18.1 Å². The van der Waals surface area contributed by atoms with Gasteiger partial charge in [0, 0.05) is 23.7 Å². The molecule has 2 unspecified atom stereocenters. The maximum absolute atomic E-state index is 12.9. The number of rotatable bonds is 2. The molecule has 4 rings (SSSR count). The maximum atomic E-state index is 12.9. The summed E-state index contributed by atoms with van der Waals surface area (Å²) in [6, 6.07) is 7.96. The van der Waals surface area contributed by atoms with Crippen molar-refractivity contribution in [2.24, 2.45) is 0 Å². The molecule has 2 fully saturated rings. The van der Waals surface area contributed by atoms with Gasteiger partial charge in [0.15, 0.2) is 0 Å². The van der Waals surface area contributed by atoms with Crippen LogP contribution in [-0.2, 0) is 12.8 Å². The van der Waals surface area contributed by atoms with Crippen molar-refractivity contribution in [3.63, 3.8) is 0 Å². The summed E-state index contributed by atoms with van der Waals surface area (Å²) in [6.07, 6.45) is 10.9. The first kappa shape index (κ1) is 15.2. The summed E-state index contributed by atoms with van der Waals surface area (Å²) in [7, 11) is 2.26. The van der Waals surface area contributed by atoms with Crippen molar-refractivity contribution < 1.29 is 4.79 Å². The first-order valence-corrected chi connectivity index (χ1v) is 9.36. The minimum Gasteiger partial charge on any atom is -0.349 e. The van der Waals surface area contributed by atoms with Crippen molar-refractivity contribution in [3.05, 3.63) is 34.9 Å². The van der Waals surface area contributed by atoms with Gasteiger partial charge in [-0.05, 0) is 75.6 Å². The molecule has 1 aromatic rings. The van der Waals surface area contributed by atoms with Gasteiger partial charge in [-0.15, -0.1) is 0 Å². The Hall–Kier alpha value is -1.35. The van der Waals surface area contributed by atoms with Crippen LogP contribution in [0.2, 0.25) is 0 Å². The van der Waals surface area contributed by atoms with Crippen LogP contribution in [0.5, 0.6) is 0 Å². The van der Waals surface area contributed by atoms with Gasteiger partial charge >= 0.3 is 0 Å². The lowest BCUT2D eigenvalue weighted by Gasteiger charge is -2.47. The van der Waals surface area contributed by atoms with Gasteiger partial charge in [-0.2, -0.15) is 0 Å². The van der Waals surface area contributed by atoms with Gasteiger partial charge in [-0.3, -0.25) is 4.79 Å². The molecule has 1 aromatic carbocycles. The van der Waals surface area contributed by atoms with Crippen LogP contribution in [0.3, 0.4) is 0 Å². The monoisotopic (exact) mass is 312 g/mol. The van der Waals surface area contributed by atoms with E-state index in [0.717, 1.165) is 31.2 Å². The molecule has 0 aromatic heterocycles. The topological polar surface area (TPSA) is 32.3 Å². The molecule has 2 heterocycles. The van der Waals surface area contributed by atoms with Crippen LogP contribution < -0.4 is 5.32 Å². The number of carbonyl (C=O) groups is 1. The molecule has 2 aliphatic heterocycles. The number of aryl methyl sites for hydroxylation is 1. The van der Waals surface area contributed by atoms with Gasteiger partial charge in [0.1, 0.15) is 0 Å². The van der Waals surface area contributed by atoms with E-state index in [9.17, 15) is 4.79 Å². The number of fused-ring (bicyclic) bond motifs is 3. The van der Waals surface area contributed by atoms with Gasteiger partial charge < -0.3 is 10.2 Å². The minimum atomic E-state index is 0.163. The molecule has 23 heavy (non-hydrogen) atoms. The Labute approximate surface area is 139 Å². The highest BCUT2D eigenvalue weighted by atomic mass is 16.1. The Bertz CT molecular complexity index is 583. The van der Waals surface area contributed by atoms with Gasteiger partial charge in [0.25, 0.3) is 5.91 Å². The van der Waals surface area contributed by atoms with E-state index in [1.54, 1.807) is 0 Å². The third-order valence-corrected chi connectivity index (χ3v) is 6.32. The second-order valence-electron chi connectivity index (χ2n) is 7.70. The van der Waals surface area contributed by atoms with Gasteiger partial charge in [0.05, 0.1) is 0 Å². The zero-order valence-corrected chi connectivity index (χ0v) is 14.2. The summed E-state index contributed by atoms with van der Waals surface area (Å²) in [6.45, 7) is 0. The lowest BCUT2D eigenvalue weighted by molar-refractivity contribution is 0.0463. The fourth-order valence-electron chi connectivity index (χ4n) is 4.99. The minimum absolute atomic E-state index is 0.163. The Balaban J connectivity index is 1.48. The van der Waals surface area contributed by atoms with E-state index in [2.05, 4.69) is 29.4 Å². The second-order valence-corrected chi connectivity index (χ2v) is 7.70. The third-order valence-electron chi connectivity index (χ3n) is 6.32. The summed E-state index contributed by atoms with van der Waals surface area (Å²) < 4.78 is 0. The molecule has 1 amide bonds. The van der Waals surface area contributed by atoms with Crippen LogP contribution in [-0.4, -0.2) is 36.0 Å². The van der Waals surface area contributed by atoms with Crippen molar-refractivity contribution in [3.8, 4) is 0 Å². The maximum Gasteiger partial charge on any atom is 0.251 e.